The fraction of sp³-hybridized carbons (Fsp3) is 0.556. The topological polar surface area (TPSA) is 40.5 Å². The van der Waals surface area contributed by atoms with Crippen LogP contribution in [0.3, 0.4) is 0 Å². The molecule has 160 valence electrons. The molecule has 0 aromatic heterocycles. The van der Waals surface area contributed by atoms with Gasteiger partial charge in [-0.25, -0.2) is 0 Å². The molecule has 2 aromatic carbocycles. The lowest BCUT2D eigenvalue weighted by molar-refractivity contribution is 0.391. The fourth-order valence-electron chi connectivity index (χ4n) is 4.36. The molecular formula is C27H40O2. The molecule has 2 nitrogen and oxygen atoms in total. The van der Waals surface area contributed by atoms with E-state index in [2.05, 4.69) is 79.7 Å². The van der Waals surface area contributed by atoms with Crippen molar-refractivity contribution in [1.82, 2.24) is 0 Å². The third-order valence-corrected chi connectivity index (χ3v) is 7.47. The minimum atomic E-state index is -0.0480. The van der Waals surface area contributed by atoms with Crippen molar-refractivity contribution in [3.8, 4) is 11.5 Å². The highest BCUT2D eigenvalue weighted by Crippen LogP contribution is 2.43. The summed E-state index contributed by atoms with van der Waals surface area (Å²) in [4.78, 5) is 0. The van der Waals surface area contributed by atoms with Crippen LogP contribution in [0.15, 0.2) is 24.3 Å². The van der Waals surface area contributed by atoms with Gasteiger partial charge >= 0.3 is 0 Å². The van der Waals surface area contributed by atoms with E-state index in [1.807, 2.05) is 0 Å². The third-order valence-electron chi connectivity index (χ3n) is 7.47. The van der Waals surface area contributed by atoms with Crippen molar-refractivity contribution >= 4 is 0 Å². The zero-order valence-electron chi connectivity index (χ0n) is 19.7. The van der Waals surface area contributed by atoms with E-state index in [-0.39, 0.29) is 10.8 Å². The molecule has 0 aliphatic rings. The van der Waals surface area contributed by atoms with Crippen LogP contribution in [-0.2, 0) is 17.3 Å². The van der Waals surface area contributed by atoms with E-state index in [9.17, 15) is 10.2 Å². The van der Waals surface area contributed by atoms with Crippen molar-refractivity contribution in [3.63, 3.8) is 0 Å². The molecule has 0 unspecified atom stereocenters. The summed E-state index contributed by atoms with van der Waals surface area (Å²) in [6.07, 6.45) is 4.45. The molecule has 0 saturated heterocycles. The highest BCUT2D eigenvalue weighted by atomic mass is 16.3. The monoisotopic (exact) mass is 396 g/mol. The van der Waals surface area contributed by atoms with Gasteiger partial charge in [0.1, 0.15) is 11.5 Å². The van der Waals surface area contributed by atoms with Crippen molar-refractivity contribution in [1.29, 1.82) is 0 Å². The number of aryl methyl sites for hydroxylation is 2. The molecular weight excluding hydrogens is 356 g/mol. The lowest BCUT2D eigenvalue weighted by Gasteiger charge is -2.30. The highest BCUT2D eigenvalue weighted by molar-refractivity contribution is 5.53. The summed E-state index contributed by atoms with van der Waals surface area (Å²) >= 11 is 0. The fourth-order valence-corrected chi connectivity index (χ4v) is 4.36. The third kappa shape index (κ3) is 4.47. The van der Waals surface area contributed by atoms with E-state index < -0.39 is 0 Å². The van der Waals surface area contributed by atoms with Crippen molar-refractivity contribution in [3.05, 3.63) is 57.6 Å². The lowest BCUT2D eigenvalue weighted by atomic mass is 9.75. The van der Waals surface area contributed by atoms with Crippen LogP contribution in [0, 0.1) is 13.8 Å². The SMILES string of the molecule is CCC(C)(CC)c1cc(C)cc(Cc2cc(C)cc(C(C)(CC)CC)c2O)c1O. The first-order valence-electron chi connectivity index (χ1n) is 11.2. The summed E-state index contributed by atoms with van der Waals surface area (Å²) in [7, 11) is 0. The van der Waals surface area contributed by atoms with Crippen LogP contribution in [0.1, 0.15) is 101 Å². The van der Waals surface area contributed by atoms with Crippen molar-refractivity contribution in [2.75, 3.05) is 0 Å². The standard InChI is InChI=1S/C27H40O2/c1-9-26(7,10-2)22-15-18(5)13-20(24(22)28)17-21-14-19(6)16-23(25(21)29)27(8,11-3)12-4/h13-16,28-29H,9-12,17H2,1-8H3. The van der Waals surface area contributed by atoms with Crippen LogP contribution in [0.25, 0.3) is 0 Å². The molecule has 0 aliphatic carbocycles. The van der Waals surface area contributed by atoms with Crippen molar-refractivity contribution in [2.24, 2.45) is 0 Å². The van der Waals surface area contributed by atoms with E-state index in [1.54, 1.807) is 0 Å². The molecule has 29 heavy (non-hydrogen) atoms. The van der Waals surface area contributed by atoms with Gasteiger partial charge < -0.3 is 10.2 Å². The Morgan fingerprint density at radius 3 is 1.21 bits per heavy atom. The van der Waals surface area contributed by atoms with E-state index in [0.29, 0.717) is 17.9 Å². The Bertz CT molecular complexity index is 784. The van der Waals surface area contributed by atoms with Crippen LogP contribution in [0.2, 0.25) is 0 Å². The Hall–Kier alpha value is -1.96. The van der Waals surface area contributed by atoms with Gasteiger partial charge in [-0.1, -0.05) is 76.9 Å². The summed E-state index contributed by atoms with van der Waals surface area (Å²) in [6, 6.07) is 8.37. The molecule has 0 heterocycles. The summed E-state index contributed by atoms with van der Waals surface area (Å²) in [5.41, 5.74) is 6.06. The largest absolute Gasteiger partial charge is 0.507 e. The van der Waals surface area contributed by atoms with Gasteiger partial charge in [-0.3, -0.25) is 0 Å². The smallest absolute Gasteiger partial charge is 0.122 e. The number of phenolic OH excluding ortho intramolecular Hbond substituents is 2. The normalized spacial score (nSPS) is 12.4. The van der Waals surface area contributed by atoms with Crippen LogP contribution in [-0.4, -0.2) is 10.2 Å². The minimum Gasteiger partial charge on any atom is -0.507 e. The Kier molecular flexibility index (Phi) is 7.09. The van der Waals surface area contributed by atoms with E-state index >= 15 is 0 Å². The number of aromatic hydroxyl groups is 2. The van der Waals surface area contributed by atoms with Crippen LogP contribution in [0.5, 0.6) is 11.5 Å². The predicted molar refractivity (Wildman–Crippen MR) is 124 cm³/mol. The van der Waals surface area contributed by atoms with Crippen LogP contribution < -0.4 is 0 Å². The van der Waals surface area contributed by atoms with Crippen LogP contribution >= 0.6 is 0 Å². The summed E-state index contributed by atoms with van der Waals surface area (Å²) in [6.45, 7) is 17.3. The maximum Gasteiger partial charge on any atom is 0.122 e. The molecule has 0 radical (unpaired) electrons. The number of hydrogen-bond acceptors (Lipinski definition) is 2. The van der Waals surface area contributed by atoms with Gasteiger partial charge in [-0.2, -0.15) is 0 Å². The molecule has 2 aromatic rings. The highest BCUT2D eigenvalue weighted by Gasteiger charge is 2.29. The average molecular weight is 397 g/mol. The quantitative estimate of drug-likeness (QED) is 0.486. The van der Waals surface area contributed by atoms with Crippen molar-refractivity contribution < 1.29 is 10.2 Å². The van der Waals surface area contributed by atoms with Gasteiger partial charge in [-0.05, 0) is 61.5 Å². The summed E-state index contributed by atoms with van der Waals surface area (Å²) in [5.74, 6) is 0.774. The van der Waals surface area contributed by atoms with Gasteiger partial charge in [0, 0.05) is 17.5 Å². The number of phenols is 2. The van der Waals surface area contributed by atoms with Crippen LogP contribution in [0.4, 0.5) is 0 Å². The minimum absolute atomic E-state index is 0.0480. The first kappa shape index (κ1) is 23.3. The number of benzene rings is 2. The molecule has 0 fully saturated rings. The predicted octanol–water partition coefficient (Wildman–Crippen LogP) is 7.46. The second kappa shape index (κ2) is 8.81. The van der Waals surface area contributed by atoms with E-state index in [0.717, 1.165) is 59.1 Å². The average Bonchev–Trinajstić information content (AvgIpc) is 2.71. The lowest BCUT2D eigenvalue weighted by Crippen LogP contribution is -2.21. The first-order valence-corrected chi connectivity index (χ1v) is 11.2. The molecule has 0 aliphatic heterocycles. The van der Waals surface area contributed by atoms with Gasteiger partial charge in [0.15, 0.2) is 0 Å². The Morgan fingerprint density at radius 1 is 0.621 bits per heavy atom. The molecule has 0 spiro atoms. The van der Waals surface area contributed by atoms with E-state index in [4.69, 9.17) is 0 Å². The maximum atomic E-state index is 11.2. The van der Waals surface area contributed by atoms with Gasteiger partial charge in [0.2, 0.25) is 0 Å². The molecule has 2 N–H and O–H groups in total. The maximum absolute atomic E-state index is 11.2. The number of rotatable bonds is 8. The molecule has 0 amide bonds. The zero-order valence-corrected chi connectivity index (χ0v) is 19.7. The second-order valence-electron chi connectivity index (χ2n) is 9.35. The molecule has 2 heteroatoms. The molecule has 0 atom stereocenters. The zero-order chi connectivity index (χ0) is 22.0. The second-order valence-corrected chi connectivity index (χ2v) is 9.35. The summed E-state index contributed by atoms with van der Waals surface area (Å²) < 4.78 is 0. The molecule has 0 saturated carbocycles. The van der Waals surface area contributed by atoms with Crippen molar-refractivity contribution in [2.45, 2.75) is 98.3 Å². The van der Waals surface area contributed by atoms with Gasteiger partial charge in [-0.15, -0.1) is 0 Å². The first-order chi connectivity index (χ1) is 13.5. The molecule has 2 rings (SSSR count). The summed E-state index contributed by atoms with van der Waals surface area (Å²) in [5, 5.41) is 22.3. The Labute approximate surface area is 178 Å². The van der Waals surface area contributed by atoms with Gasteiger partial charge in [0.05, 0.1) is 0 Å². The number of hydrogen-bond donors (Lipinski definition) is 2. The Morgan fingerprint density at radius 2 is 0.931 bits per heavy atom. The molecule has 0 bridgehead atoms. The van der Waals surface area contributed by atoms with Gasteiger partial charge in [0.25, 0.3) is 0 Å². The van der Waals surface area contributed by atoms with E-state index in [1.165, 1.54) is 0 Å². The Balaban J connectivity index is 2.61.